The number of carbonyl (C=O) groups is 1. The van der Waals surface area contributed by atoms with Crippen LogP contribution in [0.1, 0.15) is 51.1 Å². The molecule has 1 N–H and O–H groups in total. The van der Waals surface area contributed by atoms with Gasteiger partial charge in [-0.1, -0.05) is 24.3 Å². The lowest BCUT2D eigenvalue weighted by Gasteiger charge is -2.28. The van der Waals surface area contributed by atoms with Gasteiger partial charge in [-0.15, -0.1) is 0 Å². The fourth-order valence-electron chi connectivity index (χ4n) is 3.90. The van der Waals surface area contributed by atoms with Gasteiger partial charge in [-0.3, -0.25) is 0 Å². The molecule has 164 valence electrons. The summed E-state index contributed by atoms with van der Waals surface area (Å²) in [6.07, 6.45) is -2.91. The van der Waals surface area contributed by atoms with Crippen LogP contribution in [-0.2, 0) is 6.18 Å². The second-order valence-corrected chi connectivity index (χ2v) is 8.81. The lowest BCUT2D eigenvalue weighted by molar-refractivity contribution is -0.137. The number of carbonyl (C=O) groups excluding carboxylic acids is 1. The minimum absolute atomic E-state index is 0.0912. The Morgan fingerprint density at radius 1 is 1.16 bits per heavy atom. The van der Waals surface area contributed by atoms with Crippen LogP contribution in [0.4, 0.5) is 18.0 Å². The lowest BCUT2D eigenvalue weighted by Crippen LogP contribution is -2.48. The Kier molecular flexibility index (Phi) is 5.19. The fraction of sp³-hybridized carbons (Fsp3) is 0.391. The Morgan fingerprint density at radius 2 is 1.90 bits per heavy atom. The molecule has 0 unspecified atom stereocenters. The van der Waals surface area contributed by atoms with E-state index >= 15 is 0 Å². The Hall–Kier alpha value is -3.03. The predicted molar refractivity (Wildman–Crippen MR) is 111 cm³/mol. The number of nitrogens with zero attached hydrogens (tertiary/aromatic N) is 2. The van der Waals surface area contributed by atoms with Crippen LogP contribution in [-0.4, -0.2) is 28.0 Å². The van der Waals surface area contributed by atoms with Crippen molar-refractivity contribution in [3.05, 3.63) is 53.9 Å². The van der Waals surface area contributed by atoms with E-state index in [-0.39, 0.29) is 23.2 Å². The molecule has 0 aliphatic carbocycles. The average Bonchev–Trinajstić information content (AvgIpc) is 3.32. The molecule has 1 aromatic heterocycles. The quantitative estimate of drug-likeness (QED) is 0.529. The molecular formula is C23H24F3N3O2. The number of benzene rings is 2. The number of urea groups is 1. The SMILES string of the molecule is CC(C)(C)NC(=O)N1CCC[C@H]1c1nc2cc(-c3ccccc3C(F)(F)F)ccc2o1. The third kappa shape index (κ3) is 4.38. The normalized spacial score (nSPS) is 17.4. The monoisotopic (exact) mass is 431 g/mol. The van der Waals surface area contributed by atoms with Crippen LogP contribution in [0, 0.1) is 0 Å². The molecule has 5 nitrogen and oxygen atoms in total. The number of oxazole rings is 1. The summed E-state index contributed by atoms with van der Waals surface area (Å²) < 4.78 is 46.1. The highest BCUT2D eigenvalue weighted by atomic mass is 19.4. The highest BCUT2D eigenvalue weighted by Gasteiger charge is 2.35. The third-order valence-corrected chi connectivity index (χ3v) is 5.23. The van der Waals surface area contributed by atoms with E-state index in [1.54, 1.807) is 29.2 Å². The predicted octanol–water partition coefficient (Wildman–Crippen LogP) is 6.16. The van der Waals surface area contributed by atoms with E-state index in [0.717, 1.165) is 12.5 Å². The topological polar surface area (TPSA) is 58.4 Å². The van der Waals surface area contributed by atoms with Crippen molar-refractivity contribution < 1.29 is 22.4 Å². The Labute approximate surface area is 178 Å². The maximum absolute atomic E-state index is 13.4. The lowest BCUT2D eigenvalue weighted by atomic mass is 9.99. The van der Waals surface area contributed by atoms with Crippen molar-refractivity contribution in [2.45, 2.75) is 51.4 Å². The first-order chi connectivity index (χ1) is 14.5. The molecule has 1 aliphatic rings. The second kappa shape index (κ2) is 7.59. The van der Waals surface area contributed by atoms with Gasteiger partial charge in [-0.25, -0.2) is 9.78 Å². The van der Waals surface area contributed by atoms with Crippen LogP contribution < -0.4 is 5.32 Å². The molecule has 2 aromatic carbocycles. The van der Waals surface area contributed by atoms with Gasteiger partial charge in [0.2, 0.25) is 5.89 Å². The van der Waals surface area contributed by atoms with Gasteiger partial charge in [0, 0.05) is 12.1 Å². The van der Waals surface area contributed by atoms with Gasteiger partial charge in [0.15, 0.2) is 5.58 Å². The molecule has 2 amide bonds. The molecule has 1 saturated heterocycles. The molecular weight excluding hydrogens is 407 g/mol. The number of alkyl halides is 3. The number of aromatic nitrogens is 1. The number of amides is 2. The van der Waals surface area contributed by atoms with Crippen LogP contribution in [0.3, 0.4) is 0 Å². The first-order valence-electron chi connectivity index (χ1n) is 10.2. The van der Waals surface area contributed by atoms with Crippen molar-refractivity contribution >= 4 is 17.1 Å². The number of hydrogen-bond donors (Lipinski definition) is 1. The maximum Gasteiger partial charge on any atom is 0.417 e. The fourth-order valence-corrected chi connectivity index (χ4v) is 3.90. The Balaban J connectivity index is 1.67. The number of fused-ring (bicyclic) bond motifs is 1. The first kappa shape index (κ1) is 21.2. The van der Waals surface area contributed by atoms with E-state index in [0.29, 0.717) is 35.5 Å². The van der Waals surface area contributed by atoms with Crippen LogP contribution >= 0.6 is 0 Å². The molecule has 31 heavy (non-hydrogen) atoms. The van der Waals surface area contributed by atoms with Crippen molar-refractivity contribution in [3.63, 3.8) is 0 Å². The zero-order valence-electron chi connectivity index (χ0n) is 17.6. The third-order valence-electron chi connectivity index (χ3n) is 5.23. The standard InChI is InChI=1S/C23H24F3N3O2/c1-22(2,3)28-21(30)29-12-6-9-18(29)20-27-17-13-14(10-11-19(17)31-20)15-7-4-5-8-16(15)23(24,25)26/h4-5,7-8,10-11,13,18H,6,9,12H2,1-3H3,(H,28,30)/t18-/m0/s1. The second-order valence-electron chi connectivity index (χ2n) is 8.81. The summed E-state index contributed by atoms with van der Waals surface area (Å²) in [5, 5.41) is 2.96. The largest absolute Gasteiger partial charge is 0.438 e. The van der Waals surface area contributed by atoms with Crippen molar-refractivity contribution in [2.75, 3.05) is 6.54 Å². The van der Waals surface area contributed by atoms with Crippen molar-refractivity contribution in [1.82, 2.24) is 15.2 Å². The Morgan fingerprint density at radius 3 is 2.61 bits per heavy atom. The van der Waals surface area contributed by atoms with Crippen molar-refractivity contribution in [3.8, 4) is 11.1 Å². The first-order valence-corrected chi connectivity index (χ1v) is 10.2. The molecule has 1 fully saturated rings. The van der Waals surface area contributed by atoms with Crippen molar-refractivity contribution in [1.29, 1.82) is 0 Å². The van der Waals surface area contributed by atoms with E-state index in [4.69, 9.17) is 4.42 Å². The van der Waals surface area contributed by atoms with Crippen molar-refractivity contribution in [2.24, 2.45) is 0 Å². The van der Waals surface area contributed by atoms with Crippen LogP contribution in [0.5, 0.6) is 0 Å². The van der Waals surface area contributed by atoms with E-state index < -0.39 is 11.7 Å². The summed E-state index contributed by atoms with van der Waals surface area (Å²) in [5.74, 6) is 0.401. The number of likely N-dealkylation sites (tertiary alicyclic amines) is 1. The van der Waals surface area contributed by atoms with E-state index in [1.807, 2.05) is 20.8 Å². The van der Waals surface area contributed by atoms with E-state index in [2.05, 4.69) is 10.3 Å². The molecule has 2 heterocycles. The molecule has 8 heteroatoms. The highest BCUT2D eigenvalue weighted by molar-refractivity contribution is 5.82. The summed E-state index contributed by atoms with van der Waals surface area (Å²) in [4.78, 5) is 18.9. The molecule has 0 spiro atoms. The number of nitrogens with one attached hydrogen (secondary N) is 1. The molecule has 0 saturated carbocycles. The maximum atomic E-state index is 13.4. The van der Waals surface area contributed by atoms with Crippen LogP contribution in [0.2, 0.25) is 0 Å². The number of rotatable bonds is 2. The molecule has 4 rings (SSSR count). The van der Waals surface area contributed by atoms with Gasteiger partial charge in [-0.2, -0.15) is 13.2 Å². The zero-order valence-corrected chi connectivity index (χ0v) is 17.6. The average molecular weight is 431 g/mol. The van der Waals surface area contributed by atoms with Gasteiger partial charge in [0.05, 0.1) is 5.56 Å². The molecule has 1 aliphatic heterocycles. The minimum atomic E-state index is -4.45. The summed E-state index contributed by atoms with van der Waals surface area (Å²) in [6, 6.07) is 9.80. The molecule has 1 atom stereocenters. The number of hydrogen-bond acceptors (Lipinski definition) is 3. The summed E-state index contributed by atoms with van der Waals surface area (Å²) >= 11 is 0. The van der Waals surface area contributed by atoms with Crippen LogP contribution in [0.15, 0.2) is 46.9 Å². The smallest absolute Gasteiger partial charge is 0.417 e. The summed E-state index contributed by atoms with van der Waals surface area (Å²) in [7, 11) is 0. The molecule has 0 bridgehead atoms. The Bertz CT molecular complexity index is 1120. The molecule has 3 aromatic rings. The van der Waals surface area contributed by atoms with Gasteiger partial charge in [0.25, 0.3) is 0 Å². The van der Waals surface area contributed by atoms with E-state index in [9.17, 15) is 18.0 Å². The number of halogens is 3. The highest BCUT2D eigenvalue weighted by Crippen LogP contribution is 2.38. The summed E-state index contributed by atoms with van der Waals surface area (Å²) in [5.41, 5.74) is 0.382. The van der Waals surface area contributed by atoms with Crippen LogP contribution in [0.25, 0.3) is 22.2 Å². The zero-order chi connectivity index (χ0) is 22.4. The van der Waals surface area contributed by atoms with Gasteiger partial charge in [-0.05, 0) is 62.9 Å². The summed E-state index contributed by atoms with van der Waals surface area (Å²) in [6.45, 7) is 6.33. The van der Waals surface area contributed by atoms with Gasteiger partial charge in [0.1, 0.15) is 11.6 Å². The minimum Gasteiger partial charge on any atom is -0.438 e. The van der Waals surface area contributed by atoms with E-state index in [1.165, 1.54) is 12.1 Å². The van der Waals surface area contributed by atoms with Gasteiger partial charge < -0.3 is 14.6 Å². The molecule has 0 radical (unpaired) electrons. The van der Waals surface area contributed by atoms with Gasteiger partial charge >= 0.3 is 12.2 Å².